The van der Waals surface area contributed by atoms with Gasteiger partial charge >= 0.3 is 0 Å². The van der Waals surface area contributed by atoms with Crippen molar-refractivity contribution in [2.45, 2.75) is 172 Å². The first-order valence-electron chi connectivity index (χ1n) is 21.2. The zero-order chi connectivity index (χ0) is 42.7. The summed E-state index contributed by atoms with van der Waals surface area (Å²) in [5.74, 6) is -1.31. The summed E-state index contributed by atoms with van der Waals surface area (Å²) in [6, 6.07) is 0. The number of methoxy groups -OCH3 is 1. The van der Waals surface area contributed by atoms with E-state index >= 15 is 0 Å². The summed E-state index contributed by atoms with van der Waals surface area (Å²) in [5, 5.41) is 88.1. The quantitative estimate of drug-likeness (QED) is 0.0855. The molecule has 8 N–H and O–H groups in total. The highest BCUT2D eigenvalue weighted by molar-refractivity contribution is 7.80. The lowest BCUT2D eigenvalue weighted by Gasteiger charge is -2.67. The first-order chi connectivity index (χ1) is 27.1. The predicted octanol–water partition coefficient (Wildman–Crippen LogP) is 0.170. The minimum atomic E-state index is -5.22. The molecule has 0 bridgehead atoms. The summed E-state index contributed by atoms with van der Waals surface area (Å²) in [4.78, 5) is 0. The van der Waals surface area contributed by atoms with Gasteiger partial charge in [-0.2, -0.15) is 0 Å². The number of aliphatic hydroxyl groups excluding tert-OH is 7. The van der Waals surface area contributed by atoms with Crippen molar-refractivity contribution < 1.29 is 81.7 Å². The number of ether oxygens (including phenoxy) is 5. The van der Waals surface area contributed by atoms with Gasteiger partial charge in [0.15, 0.2) is 12.6 Å². The first kappa shape index (κ1) is 46.8. The highest BCUT2D eigenvalue weighted by atomic mass is 32.3. The van der Waals surface area contributed by atoms with Gasteiger partial charge in [-0.15, -0.1) is 0 Å². The SMILES string of the molecule is COC1C(OC2C(OCC[C@@H](CCC(C)[C@H]3C[C@@H](O)C4[C@]5(O)C[C@H](OS(=O)(=O)[O-])C6[C@@H](O)[C@@H](O)CC[C@]6(C)C5CC[C@@]43C)C(C)C)OCC(O)C2O)OCC(O)C1O. The highest BCUT2D eigenvalue weighted by Crippen LogP contribution is 2.70. The zero-order valence-corrected chi connectivity index (χ0v) is 35.4. The molecule has 4 saturated carbocycles. The molecule has 17 nitrogen and oxygen atoms in total. The van der Waals surface area contributed by atoms with Crippen LogP contribution < -0.4 is 0 Å². The van der Waals surface area contributed by atoms with E-state index in [1.165, 1.54) is 7.11 Å². The van der Waals surface area contributed by atoms with Crippen LogP contribution in [0.1, 0.15) is 92.4 Å². The molecule has 0 spiro atoms. The van der Waals surface area contributed by atoms with Crippen LogP contribution in [0.15, 0.2) is 0 Å². The normalized spacial score (nSPS) is 49.5. The summed E-state index contributed by atoms with van der Waals surface area (Å²) in [6.45, 7) is 10.3. The molecule has 6 aliphatic rings. The molecule has 4 aliphatic carbocycles. The molecule has 0 aromatic rings. The van der Waals surface area contributed by atoms with Crippen molar-refractivity contribution in [1.82, 2.24) is 0 Å². The second-order valence-corrected chi connectivity index (χ2v) is 20.4. The van der Waals surface area contributed by atoms with Crippen LogP contribution in [0.2, 0.25) is 0 Å². The summed E-state index contributed by atoms with van der Waals surface area (Å²) in [7, 11) is -3.89. The van der Waals surface area contributed by atoms with E-state index in [4.69, 9.17) is 27.9 Å². The van der Waals surface area contributed by atoms with Crippen molar-refractivity contribution in [3.05, 3.63) is 0 Å². The van der Waals surface area contributed by atoms with Gasteiger partial charge in [0, 0.05) is 25.4 Å². The van der Waals surface area contributed by atoms with Crippen LogP contribution >= 0.6 is 0 Å². The number of hydrogen-bond acceptors (Lipinski definition) is 17. The third-order valence-corrected chi connectivity index (χ3v) is 16.3. The van der Waals surface area contributed by atoms with Crippen molar-refractivity contribution in [3.63, 3.8) is 0 Å². The lowest BCUT2D eigenvalue weighted by atomic mass is 9.41. The van der Waals surface area contributed by atoms with E-state index in [1.807, 2.05) is 6.92 Å². The van der Waals surface area contributed by atoms with Crippen LogP contribution in [0.3, 0.4) is 0 Å². The molecule has 0 amide bonds. The molecule has 0 aromatic heterocycles. The molecule has 6 rings (SSSR count). The molecular weight excluding hydrogens is 784 g/mol. The molecule has 21 atom stereocenters. The van der Waals surface area contributed by atoms with Crippen LogP contribution in [0.5, 0.6) is 0 Å². The monoisotopic (exact) mass is 853 g/mol. The van der Waals surface area contributed by atoms with Crippen molar-refractivity contribution >= 4 is 10.4 Å². The average Bonchev–Trinajstić information content (AvgIpc) is 3.42. The Morgan fingerprint density at radius 2 is 1.41 bits per heavy atom. The zero-order valence-electron chi connectivity index (χ0n) is 34.6. The van der Waals surface area contributed by atoms with E-state index < -0.39 is 118 Å². The van der Waals surface area contributed by atoms with Crippen molar-refractivity contribution in [3.8, 4) is 0 Å². The largest absolute Gasteiger partial charge is 0.726 e. The lowest BCUT2D eigenvalue weighted by Crippen LogP contribution is -2.71. The van der Waals surface area contributed by atoms with Gasteiger partial charge in [-0.1, -0.05) is 41.0 Å². The molecule has 2 aliphatic heterocycles. The van der Waals surface area contributed by atoms with Crippen LogP contribution in [-0.2, 0) is 38.3 Å². The van der Waals surface area contributed by atoms with Gasteiger partial charge < -0.3 is 69.1 Å². The fourth-order valence-corrected chi connectivity index (χ4v) is 13.4. The molecular formula is C40H69O17S-. The van der Waals surface area contributed by atoms with E-state index in [-0.39, 0.29) is 56.3 Å². The molecule has 2 saturated heterocycles. The van der Waals surface area contributed by atoms with Crippen LogP contribution in [-0.4, -0.2) is 160 Å². The van der Waals surface area contributed by atoms with Gasteiger partial charge in [0.05, 0.1) is 49.8 Å². The molecule has 18 heteroatoms. The summed E-state index contributed by atoms with van der Waals surface area (Å²) < 4.78 is 69.8. The van der Waals surface area contributed by atoms with E-state index in [0.717, 1.165) is 12.8 Å². The average molecular weight is 854 g/mol. The second kappa shape index (κ2) is 17.8. The number of aliphatic hydroxyl groups is 8. The van der Waals surface area contributed by atoms with E-state index in [9.17, 15) is 53.8 Å². The highest BCUT2D eigenvalue weighted by Gasteiger charge is 2.72. The Hall–Kier alpha value is -0.650. The van der Waals surface area contributed by atoms with E-state index in [2.05, 4.69) is 27.7 Å². The maximum absolute atomic E-state index is 12.8. The molecule has 0 radical (unpaired) electrons. The fraction of sp³-hybridized carbons (Fsp3) is 1.00. The maximum Gasteiger partial charge on any atom is 0.217 e. The third-order valence-electron chi connectivity index (χ3n) is 15.8. The Labute approximate surface area is 342 Å². The summed E-state index contributed by atoms with van der Waals surface area (Å²) in [6.07, 6.45) is -9.93. The van der Waals surface area contributed by atoms with E-state index in [0.29, 0.717) is 32.1 Å². The lowest BCUT2D eigenvalue weighted by molar-refractivity contribution is -0.345. The Bertz CT molecular complexity index is 1490. The van der Waals surface area contributed by atoms with Gasteiger partial charge in [0.2, 0.25) is 10.4 Å². The summed E-state index contributed by atoms with van der Waals surface area (Å²) in [5.41, 5.74) is -2.95. The minimum Gasteiger partial charge on any atom is -0.726 e. The number of rotatable bonds is 14. The van der Waals surface area contributed by atoms with Crippen LogP contribution in [0.4, 0.5) is 0 Å². The smallest absolute Gasteiger partial charge is 0.217 e. The number of fused-ring (bicyclic) bond motifs is 5. The Kier molecular flexibility index (Phi) is 14.4. The second-order valence-electron chi connectivity index (χ2n) is 19.4. The van der Waals surface area contributed by atoms with Crippen molar-refractivity contribution in [2.75, 3.05) is 26.9 Å². The first-order valence-corrected chi connectivity index (χ1v) is 22.6. The van der Waals surface area contributed by atoms with E-state index in [1.54, 1.807) is 0 Å². The predicted molar refractivity (Wildman–Crippen MR) is 202 cm³/mol. The minimum absolute atomic E-state index is 0.0208. The van der Waals surface area contributed by atoms with Crippen molar-refractivity contribution in [1.29, 1.82) is 0 Å². The maximum atomic E-state index is 12.8. The summed E-state index contributed by atoms with van der Waals surface area (Å²) >= 11 is 0. The van der Waals surface area contributed by atoms with Gasteiger partial charge in [-0.05, 0) is 85.4 Å². The number of hydrogen-bond donors (Lipinski definition) is 8. The van der Waals surface area contributed by atoms with Crippen LogP contribution in [0.25, 0.3) is 0 Å². The van der Waals surface area contributed by atoms with Gasteiger partial charge in [-0.25, -0.2) is 8.42 Å². The van der Waals surface area contributed by atoms with Crippen LogP contribution in [0, 0.1) is 52.3 Å². The Balaban J connectivity index is 1.10. The molecule has 338 valence electrons. The molecule has 12 unspecified atom stereocenters. The van der Waals surface area contributed by atoms with Gasteiger partial charge in [0.25, 0.3) is 0 Å². The van der Waals surface area contributed by atoms with Crippen molar-refractivity contribution in [2.24, 2.45) is 52.3 Å². The fourth-order valence-electron chi connectivity index (χ4n) is 12.9. The Morgan fingerprint density at radius 3 is 2.03 bits per heavy atom. The van der Waals surface area contributed by atoms with Gasteiger partial charge in [-0.3, -0.25) is 4.18 Å². The molecule has 0 aromatic carbocycles. The topological polar surface area (TPSA) is 274 Å². The molecule has 58 heavy (non-hydrogen) atoms. The third kappa shape index (κ3) is 8.79. The van der Waals surface area contributed by atoms with Gasteiger partial charge in [0.1, 0.15) is 36.6 Å². The standard InChI is InChI=1S/C40H70O17S/c1-19(2)21(11-14-53-36-34(32(47)26(44)17-54-36)56-37-33(52-6)31(46)25(43)18-55-37)8-7-20(3)22-15-24(42)35-38(22,4)13-10-28-39(5)12-9-23(41)30(45)29(39)27(16-40(28,35)48)57-58(49,50)51/h19-37,41-48H,7-18H2,1-6H3,(H,49,50,51)/p-1/t20?,21-,22-,23+,24-,25?,26?,27+,28?,29?,30+,31?,32?,33?,34?,35?,36?,37?,38-,39-,40+/m1/s1. The molecule has 6 fully saturated rings. The Morgan fingerprint density at radius 1 is 0.793 bits per heavy atom. The molecule has 2 heterocycles.